The highest BCUT2D eigenvalue weighted by Crippen LogP contribution is 2.35. The number of hydrogen-bond acceptors (Lipinski definition) is 4. The molecule has 0 saturated heterocycles. The lowest BCUT2D eigenvalue weighted by molar-refractivity contribution is 0.254. The maximum absolute atomic E-state index is 8.77. The van der Waals surface area contributed by atoms with Crippen LogP contribution in [0.4, 0.5) is 0 Å². The number of aliphatic hydroxyl groups is 1. The van der Waals surface area contributed by atoms with Crippen molar-refractivity contribution in [2.75, 3.05) is 19.8 Å². The van der Waals surface area contributed by atoms with Crippen LogP contribution in [-0.2, 0) is 13.0 Å². The van der Waals surface area contributed by atoms with Crippen LogP contribution < -0.4 is 14.8 Å². The van der Waals surface area contributed by atoms with Gasteiger partial charge in [0.05, 0.1) is 6.61 Å². The van der Waals surface area contributed by atoms with Crippen molar-refractivity contribution < 1.29 is 14.6 Å². The van der Waals surface area contributed by atoms with Crippen LogP contribution in [0.2, 0.25) is 0 Å². The predicted molar refractivity (Wildman–Crippen MR) is 74.8 cm³/mol. The summed E-state index contributed by atoms with van der Waals surface area (Å²) in [6.45, 7) is 6.50. The van der Waals surface area contributed by atoms with Crippen LogP contribution in [-0.4, -0.2) is 31.0 Å². The molecule has 0 spiro atoms. The van der Waals surface area contributed by atoms with Crippen molar-refractivity contribution in [2.45, 2.75) is 39.3 Å². The van der Waals surface area contributed by atoms with E-state index in [2.05, 4.69) is 24.4 Å². The van der Waals surface area contributed by atoms with Gasteiger partial charge in [0.1, 0.15) is 17.6 Å². The molecule has 0 unspecified atom stereocenters. The predicted octanol–water partition coefficient (Wildman–Crippen LogP) is 1.88. The van der Waals surface area contributed by atoms with Gasteiger partial charge in [-0.25, -0.2) is 0 Å². The second-order valence-electron chi connectivity index (χ2n) is 4.89. The molecule has 19 heavy (non-hydrogen) atoms. The van der Waals surface area contributed by atoms with Crippen LogP contribution in [0.25, 0.3) is 0 Å². The van der Waals surface area contributed by atoms with Gasteiger partial charge in [0, 0.05) is 30.7 Å². The molecule has 4 heteroatoms. The van der Waals surface area contributed by atoms with Gasteiger partial charge in [-0.15, -0.1) is 0 Å². The van der Waals surface area contributed by atoms with Crippen molar-refractivity contribution >= 4 is 0 Å². The van der Waals surface area contributed by atoms with Crippen molar-refractivity contribution in [1.82, 2.24) is 5.32 Å². The highest BCUT2D eigenvalue weighted by Gasteiger charge is 2.21. The van der Waals surface area contributed by atoms with E-state index >= 15 is 0 Å². The number of fused-ring (bicyclic) bond motifs is 1. The summed E-state index contributed by atoms with van der Waals surface area (Å²) in [6, 6.07) is 4.18. The van der Waals surface area contributed by atoms with Crippen LogP contribution in [0.3, 0.4) is 0 Å². The first-order valence-electron chi connectivity index (χ1n) is 7.01. The molecule has 0 aliphatic carbocycles. The van der Waals surface area contributed by atoms with E-state index in [1.54, 1.807) is 0 Å². The van der Waals surface area contributed by atoms with E-state index in [4.69, 9.17) is 14.6 Å². The highest BCUT2D eigenvalue weighted by atomic mass is 16.5. The smallest absolute Gasteiger partial charge is 0.124 e. The fourth-order valence-corrected chi connectivity index (χ4v) is 2.34. The standard InChI is InChI=1S/C15H23NO3/c1-3-18-14-8-12-7-11(2)19-15(12)9-13(14)10-16-5-4-6-17/h8-9,11,16-17H,3-7,10H2,1-2H3/t11-/m1/s1. The van der Waals surface area contributed by atoms with Gasteiger partial charge in [0.15, 0.2) is 0 Å². The van der Waals surface area contributed by atoms with Gasteiger partial charge in [0.2, 0.25) is 0 Å². The molecule has 106 valence electrons. The van der Waals surface area contributed by atoms with Gasteiger partial charge < -0.3 is 19.9 Å². The fourth-order valence-electron chi connectivity index (χ4n) is 2.34. The molecule has 1 aliphatic heterocycles. The lowest BCUT2D eigenvalue weighted by atomic mass is 10.1. The molecule has 0 aromatic heterocycles. The molecule has 0 bridgehead atoms. The molecule has 1 aromatic carbocycles. The summed E-state index contributed by atoms with van der Waals surface area (Å²) in [6.07, 6.45) is 1.97. The zero-order valence-electron chi connectivity index (χ0n) is 11.7. The summed E-state index contributed by atoms with van der Waals surface area (Å²) in [7, 11) is 0. The summed E-state index contributed by atoms with van der Waals surface area (Å²) in [4.78, 5) is 0. The van der Waals surface area contributed by atoms with Gasteiger partial charge in [0.25, 0.3) is 0 Å². The molecule has 0 radical (unpaired) electrons. The summed E-state index contributed by atoms with van der Waals surface area (Å²) in [5.41, 5.74) is 2.35. The van der Waals surface area contributed by atoms with E-state index in [-0.39, 0.29) is 12.7 Å². The van der Waals surface area contributed by atoms with Gasteiger partial charge in [-0.2, -0.15) is 0 Å². The minimum absolute atomic E-state index is 0.218. The maximum Gasteiger partial charge on any atom is 0.124 e. The van der Waals surface area contributed by atoms with E-state index in [0.29, 0.717) is 6.61 Å². The van der Waals surface area contributed by atoms with E-state index in [1.807, 2.05) is 6.92 Å². The Morgan fingerprint density at radius 2 is 2.32 bits per heavy atom. The Hall–Kier alpha value is -1.26. The molecule has 1 heterocycles. The van der Waals surface area contributed by atoms with Crippen LogP contribution in [0, 0.1) is 0 Å². The van der Waals surface area contributed by atoms with Crippen molar-refractivity contribution in [3.63, 3.8) is 0 Å². The maximum atomic E-state index is 8.77. The number of nitrogens with one attached hydrogen (secondary N) is 1. The van der Waals surface area contributed by atoms with Crippen molar-refractivity contribution in [3.05, 3.63) is 23.3 Å². The Labute approximate surface area is 114 Å². The number of ether oxygens (including phenoxy) is 2. The normalized spacial score (nSPS) is 17.1. The summed E-state index contributed by atoms with van der Waals surface area (Å²) in [5, 5.41) is 12.1. The summed E-state index contributed by atoms with van der Waals surface area (Å²) < 4.78 is 11.5. The fraction of sp³-hybridized carbons (Fsp3) is 0.600. The van der Waals surface area contributed by atoms with Gasteiger partial charge in [-0.1, -0.05) is 0 Å². The molecule has 0 saturated carbocycles. The van der Waals surface area contributed by atoms with E-state index in [9.17, 15) is 0 Å². The lowest BCUT2D eigenvalue weighted by Gasteiger charge is -2.13. The minimum Gasteiger partial charge on any atom is -0.494 e. The van der Waals surface area contributed by atoms with Crippen molar-refractivity contribution in [1.29, 1.82) is 0 Å². The molecule has 1 aliphatic rings. The van der Waals surface area contributed by atoms with E-state index in [0.717, 1.165) is 43.0 Å². The average Bonchev–Trinajstić information content (AvgIpc) is 2.74. The lowest BCUT2D eigenvalue weighted by Crippen LogP contribution is -2.16. The number of hydrogen-bond donors (Lipinski definition) is 2. The van der Waals surface area contributed by atoms with Crippen LogP contribution >= 0.6 is 0 Å². The second-order valence-corrected chi connectivity index (χ2v) is 4.89. The van der Waals surface area contributed by atoms with Crippen molar-refractivity contribution in [3.8, 4) is 11.5 Å². The average molecular weight is 265 g/mol. The SMILES string of the molecule is CCOc1cc2c(cc1CNCCCO)O[C@H](C)C2. The van der Waals surface area contributed by atoms with Crippen LogP contribution in [0.15, 0.2) is 12.1 Å². The molecule has 1 aromatic rings. The molecule has 1 atom stereocenters. The highest BCUT2D eigenvalue weighted by molar-refractivity contribution is 5.48. The topological polar surface area (TPSA) is 50.7 Å². The number of benzene rings is 1. The summed E-state index contributed by atoms with van der Waals surface area (Å²) in [5.74, 6) is 1.92. The van der Waals surface area contributed by atoms with Gasteiger partial charge in [-0.05, 0) is 38.9 Å². The molecule has 0 amide bonds. The van der Waals surface area contributed by atoms with E-state index in [1.165, 1.54) is 5.56 Å². The first-order chi connectivity index (χ1) is 9.24. The first kappa shape index (κ1) is 14.2. The molecule has 0 fully saturated rings. The number of aliphatic hydroxyl groups excluding tert-OH is 1. The van der Waals surface area contributed by atoms with Crippen molar-refractivity contribution in [2.24, 2.45) is 0 Å². The van der Waals surface area contributed by atoms with Gasteiger partial charge in [-0.3, -0.25) is 0 Å². The molecular formula is C15H23NO3. The minimum atomic E-state index is 0.218. The molecule has 2 N–H and O–H groups in total. The Morgan fingerprint density at radius 3 is 3.05 bits per heavy atom. The second kappa shape index (κ2) is 6.78. The molecule has 4 nitrogen and oxygen atoms in total. The Kier molecular flexibility index (Phi) is 5.05. The zero-order chi connectivity index (χ0) is 13.7. The van der Waals surface area contributed by atoms with Gasteiger partial charge >= 0.3 is 0 Å². The largest absolute Gasteiger partial charge is 0.494 e. The monoisotopic (exact) mass is 265 g/mol. The first-order valence-corrected chi connectivity index (χ1v) is 7.01. The molecular weight excluding hydrogens is 242 g/mol. The Morgan fingerprint density at radius 1 is 1.47 bits per heavy atom. The quantitative estimate of drug-likeness (QED) is 0.739. The molecule has 2 rings (SSSR count). The Bertz CT molecular complexity index is 420. The summed E-state index contributed by atoms with van der Waals surface area (Å²) >= 11 is 0. The van der Waals surface area contributed by atoms with Crippen LogP contribution in [0.5, 0.6) is 11.5 Å². The van der Waals surface area contributed by atoms with Crippen LogP contribution in [0.1, 0.15) is 31.4 Å². The third kappa shape index (κ3) is 3.61. The number of rotatable bonds is 7. The zero-order valence-corrected chi connectivity index (χ0v) is 11.7. The third-order valence-corrected chi connectivity index (χ3v) is 3.21. The Balaban J connectivity index is 2.09. The third-order valence-electron chi connectivity index (χ3n) is 3.21. The van der Waals surface area contributed by atoms with E-state index < -0.39 is 0 Å².